The van der Waals surface area contributed by atoms with Crippen molar-refractivity contribution >= 4 is 10.0 Å². The van der Waals surface area contributed by atoms with Gasteiger partial charge in [-0.1, -0.05) is 6.92 Å². The summed E-state index contributed by atoms with van der Waals surface area (Å²) in [5, 5.41) is 3.27. The predicted octanol–water partition coefficient (Wildman–Crippen LogP) is 0.315. The lowest BCUT2D eigenvalue weighted by molar-refractivity contribution is 0.365. The maximum Gasteiger partial charge on any atom is 0.211 e. The van der Waals surface area contributed by atoms with E-state index in [4.69, 9.17) is 0 Å². The maximum absolute atomic E-state index is 11.3. The number of hydrogen-bond donors (Lipinski definition) is 2. The number of hydrogen-bond acceptors (Lipinski definition) is 3. The van der Waals surface area contributed by atoms with Crippen LogP contribution in [0.3, 0.4) is 0 Å². The Morgan fingerprint density at radius 2 is 2.00 bits per heavy atom. The zero-order chi connectivity index (χ0) is 10.4. The van der Waals surface area contributed by atoms with E-state index < -0.39 is 10.0 Å². The Bertz CT molecular complexity index is 246. The average Bonchev–Trinajstić information content (AvgIpc) is 2.17. The monoisotopic (exact) mass is 220 g/mol. The molecule has 0 radical (unpaired) electrons. The van der Waals surface area contributed by atoms with Crippen molar-refractivity contribution in [2.24, 2.45) is 5.92 Å². The fraction of sp³-hybridized carbons (Fsp3) is 1.00. The number of nitrogens with one attached hydrogen (secondary N) is 2. The third-order valence-electron chi connectivity index (χ3n) is 2.62. The zero-order valence-electron chi connectivity index (χ0n) is 8.75. The lowest BCUT2D eigenvalue weighted by Gasteiger charge is -2.22. The van der Waals surface area contributed by atoms with Crippen LogP contribution in [0.25, 0.3) is 0 Å². The minimum atomic E-state index is -3.00. The highest BCUT2D eigenvalue weighted by atomic mass is 32.2. The summed E-state index contributed by atoms with van der Waals surface area (Å²) in [6.45, 7) is 4.37. The standard InChI is InChI=1S/C9H20N2O2S/c1-2-11-14(12,13)8-5-9-3-6-10-7-4-9/h9-11H,2-8H2,1H3. The van der Waals surface area contributed by atoms with Gasteiger partial charge in [-0.05, 0) is 38.3 Å². The lowest BCUT2D eigenvalue weighted by Crippen LogP contribution is -2.31. The van der Waals surface area contributed by atoms with Crippen LogP contribution in [0, 0.1) is 5.92 Å². The summed E-state index contributed by atoms with van der Waals surface area (Å²) in [6, 6.07) is 0. The van der Waals surface area contributed by atoms with Crippen molar-refractivity contribution in [1.29, 1.82) is 0 Å². The normalized spacial score (nSPS) is 19.8. The van der Waals surface area contributed by atoms with Crippen LogP contribution in [0.2, 0.25) is 0 Å². The average molecular weight is 220 g/mol. The van der Waals surface area contributed by atoms with E-state index >= 15 is 0 Å². The summed E-state index contributed by atoms with van der Waals surface area (Å²) in [5.41, 5.74) is 0. The predicted molar refractivity (Wildman–Crippen MR) is 57.7 cm³/mol. The molecule has 0 bridgehead atoms. The van der Waals surface area contributed by atoms with Gasteiger partial charge in [-0.2, -0.15) is 0 Å². The van der Waals surface area contributed by atoms with Gasteiger partial charge in [0.2, 0.25) is 10.0 Å². The molecule has 1 heterocycles. The molecule has 0 aromatic rings. The van der Waals surface area contributed by atoms with Gasteiger partial charge in [0, 0.05) is 6.54 Å². The van der Waals surface area contributed by atoms with Gasteiger partial charge in [0.25, 0.3) is 0 Å². The molecule has 0 unspecified atom stereocenters. The van der Waals surface area contributed by atoms with Gasteiger partial charge in [0.05, 0.1) is 5.75 Å². The molecule has 1 aliphatic heterocycles. The van der Waals surface area contributed by atoms with Gasteiger partial charge in [-0.25, -0.2) is 13.1 Å². The van der Waals surface area contributed by atoms with E-state index in [9.17, 15) is 8.42 Å². The van der Waals surface area contributed by atoms with E-state index in [1.807, 2.05) is 6.92 Å². The molecule has 5 heteroatoms. The van der Waals surface area contributed by atoms with Crippen LogP contribution in [0.5, 0.6) is 0 Å². The van der Waals surface area contributed by atoms with Crippen LogP contribution >= 0.6 is 0 Å². The smallest absolute Gasteiger partial charge is 0.211 e. The molecule has 0 amide bonds. The van der Waals surface area contributed by atoms with Crippen LogP contribution in [0.4, 0.5) is 0 Å². The van der Waals surface area contributed by atoms with Crippen molar-refractivity contribution in [1.82, 2.24) is 10.0 Å². The maximum atomic E-state index is 11.3. The first-order valence-corrected chi connectivity index (χ1v) is 6.97. The van der Waals surface area contributed by atoms with Gasteiger partial charge in [0.15, 0.2) is 0 Å². The third-order valence-corrected chi connectivity index (χ3v) is 4.12. The van der Waals surface area contributed by atoms with Crippen molar-refractivity contribution in [2.45, 2.75) is 26.2 Å². The number of sulfonamides is 1. The Kier molecular flexibility index (Phi) is 4.84. The van der Waals surface area contributed by atoms with Gasteiger partial charge in [-0.3, -0.25) is 0 Å². The molecule has 1 aliphatic rings. The van der Waals surface area contributed by atoms with Crippen LogP contribution in [-0.4, -0.2) is 33.8 Å². The highest BCUT2D eigenvalue weighted by Gasteiger charge is 2.16. The Hall–Kier alpha value is -0.130. The molecule has 0 aromatic heterocycles. The number of piperidine rings is 1. The summed E-state index contributed by atoms with van der Waals surface area (Å²) >= 11 is 0. The molecule has 2 N–H and O–H groups in total. The van der Waals surface area contributed by atoms with E-state index in [0.717, 1.165) is 32.4 Å². The number of rotatable bonds is 5. The van der Waals surface area contributed by atoms with Crippen LogP contribution in [0.1, 0.15) is 26.2 Å². The molecule has 0 atom stereocenters. The lowest BCUT2D eigenvalue weighted by atomic mass is 9.96. The van der Waals surface area contributed by atoms with Gasteiger partial charge in [0.1, 0.15) is 0 Å². The highest BCUT2D eigenvalue weighted by molar-refractivity contribution is 7.89. The second-order valence-corrected chi connectivity index (χ2v) is 5.73. The SMILES string of the molecule is CCNS(=O)(=O)CCC1CCNCC1. The minimum absolute atomic E-state index is 0.283. The first-order chi connectivity index (χ1) is 6.64. The zero-order valence-corrected chi connectivity index (χ0v) is 9.57. The van der Waals surface area contributed by atoms with Gasteiger partial charge in [-0.15, -0.1) is 0 Å². The molecule has 0 aliphatic carbocycles. The Morgan fingerprint density at radius 3 is 2.57 bits per heavy atom. The van der Waals surface area contributed by atoms with Crippen molar-refractivity contribution < 1.29 is 8.42 Å². The van der Waals surface area contributed by atoms with E-state index in [-0.39, 0.29) is 5.75 Å². The van der Waals surface area contributed by atoms with Crippen LogP contribution < -0.4 is 10.0 Å². The van der Waals surface area contributed by atoms with E-state index in [0.29, 0.717) is 12.5 Å². The van der Waals surface area contributed by atoms with Gasteiger partial charge < -0.3 is 5.32 Å². The molecule has 0 spiro atoms. The molecule has 1 rings (SSSR count). The molecule has 0 aromatic carbocycles. The topological polar surface area (TPSA) is 58.2 Å². The molecule has 0 saturated carbocycles. The molecule has 1 saturated heterocycles. The fourth-order valence-electron chi connectivity index (χ4n) is 1.78. The summed E-state index contributed by atoms with van der Waals surface area (Å²) in [7, 11) is -3.00. The quantitative estimate of drug-likeness (QED) is 0.701. The second kappa shape index (κ2) is 5.68. The summed E-state index contributed by atoms with van der Waals surface area (Å²) in [4.78, 5) is 0. The van der Waals surface area contributed by atoms with Crippen molar-refractivity contribution in [3.05, 3.63) is 0 Å². The van der Waals surface area contributed by atoms with E-state index in [2.05, 4.69) is 10.0 Å². The Labute approximate surface area is 86.5 Å². The third kappa shape index (κ3) is 4.39. The molecular formula is C9H20N2O2S. The first kappa shape index (κ1) is 11.9. The van der Waals surface area contributed by atoms with E-state index in [1.54, 1.807) is 0 Å². The Balaban J connectivity index is 2.24. The largest absolute Gasteiger partial charge is 0.317 e. The highest BCUT2D eigenvalue weighted by Crippen LogP contribution is 2.16. The van der Waals surface area contributed by atoms with Crippen LogP contribution in [-0.2, 0) is 10.0 Å². The van der Waals surface area contributed by atoms with Gasteiger partial charge >= 0.3 is 0 Å². The van der Waals surface area contributed by atoms with Crippen molar-refractivity contribution in [3.8, 4) is 0 Å². The van der Waals surface area contributed by atoms with E-state index in [1.165, 1.54) is 0 Å². The molecular weight excluding hydrogens is 200 g/mol. The van der Waals surface area contributed by atoms with Crippen molar-refractivity contribution in [3.63, 3.8) is 0 Å². The molecule has 1 fully saturated rings. The Morgan fingerprint density at radius 1 is 1.36 bits per heavy atom. The van der Waals surface area contributed by atoms with Crippen LogP contribution in [0.15, 0.2) is 0 Å². The molecule has 84 valence electrons. The summed E-state index contributed by atoms with van der Waals surface area (Å²) in [6.07, 6.45) is 3.03. The summed E-state index contributed by atoms with van der Waals surface area (Å²) < 4.78 is 25.2. The second-order valence-electron chi connectivity index (χ2n) is 3.80. The summed E-state index contributed by atoms with van der Waals surface area (Å²) in [5.74, 6) is 0.871. The fourth-order valence-corrected chi connectivity index (χ4v) is 3.01. The van der Waals surface area contributed by atoms with Crippen molar-refractivity contribution in [2.75, 3.05) is 25.4 Å². The first-order valence-electron chi connectivity index (χ1n) is 5.32. The minimum Gasteiger partial charge on any atom is -0.317 e. The molecule has 4 nitrogen and oxygen atoms in total. The molecule has 14 heavy (non-hydrogen) atoms.